The lowest BCUT2D eigenvalue weighted by Crippen LogP contribution is -2.31. The molecule has 3 atom stereocenters. The highest BCUT2D eigenvalue weighted by Crippen LogP contribution is 2.44. The molecule has 0 saturated heterocycles. The second-order valence-corrected chi connectivity index (χ2v) is 7.03. The van der Waals surface area contributed by atoms with Gasteiger partial charge in [-0.3, -0.25) is 0 Å². The van der Waals surface area contributed by atoms with E-state index < -0.39 is 0 Å². The number of rotatable bonds is 4. The lowest BCUT2D eigenvalue weighted by Gasteiger charge is -2.35. The number of hydrogen-bond donors (Lipinski definition) is 1. The lowest BCUT2D eigenvalue weighted by molar-refractivity contribution is 0.245. The Morgan fingerprint density at radius 2 is 2.29 bits per heavy atom. The molecule has 1 N–H and O–H groups in total. The van der Waals surface area contributed by atoms with Crippen molar-refractivity contribution < 1.29 is 0 Å². The van der Waals surface area contributed by atoms with Crippen LogP contribution in [-0.4, -0.2) is 13.1 Å². The van der Waals surface area contributed by atoms with Gasteiger partial charge < -0.3 is 5.32 Å². The molecule has 0 aromatic carbocycles. The van der Waals surface area contributed by atoms with Crippen molar-refractivity contribution in [3.8, 4) is 0 Å². The zero-order valence-electron chi connectivity index (χ0n) is 10.7. The average Bonchev–Trinajstić information content (AvgIpc) is 2.74. The third-order valence-corrected chi connectivity index (χ3v) is 5.90. The highest BCUT2D eigenvalue weighted by atomic mass is 79.9. The summed E-state index contributed by atoms with van der Waals surface area (Å²) in [6.45, 7) is 6.86. The van der Waals surface area contributed by atoms with Crippen molar-refractivity contribution in [1.82, 2.24) is 5.32 Å². The molecule has 1 saturated carbocycles. The van der Waals surface area contributed by atoms with E-state index in [-0.39, 0.29) is 0 Å². The molecule has 1 aromatic rings. The number of thiophene rings is 1. The van der Waals surface area contributed by atoms with E-state index in [1.165, 1.54) is 30.3 Å². The quantitative estimate of drug-likeness (QED) is 0.853. The van der Waals surface area contributed by atoms with E-state index >= 15 is 0 Å². The standard InChI is InChI=1S/C14H22BrNS/c1-3-16-9-11-5-4-10(2)8-12(11)14-13(15)6-7-17-14/h6-7,10-12,16H,3-5,8-9H2,1-2H3. The smallest absolute Gasteiger partial charge is 0.0317 e. The largest absolute Gasteiger partial charge is 0.317 e. The predicted molar refractivity (Wildman–Crippen MR) is 79.8 cm³/mol. The first kappa shape index (κ1) is 13.6. The summed E-state index contributed by atoms with van der Waals surface area (Å²) >= 11 is 5.63. The van der Waals surface area contributed by atoms with E-state index in [9.17, 15) is 0 Å². The molecular formula is C14H22BrNS. The zero-order valence-corrected chi connectivity index (χ0v) is 13.1. The van der Waals surface area contributed by atoms with Crippen molar-refractivity contribution in [3.63, 3.8) is 0 Å². The first-order valence-electron chi connectivity index (χ1n) is 6.66. The topological polar surface area (TPSA) is 12.0 Å². The molecule has 1 heterocycles. The summed E-state index contributed by atoms with van der Waals surface area (Å²) in [5.74, 6) is 2.46. The molecule has 0 aliphatic heterocycles. The normalized spacial score (nSPS) is 29.5. The molecule has 0 radical (unpaired) electrons. The molecule has 0 spiro atoms. The van der Waals surface area contributed by atoms with Crippen molar-refractivity contribution in [2.75, 3.05) is 13.1 Å². The fourth-order valence-electron chi connectivity index (χ4n) is 2.91. The van der Waals surface area contributed by atoms with Gasteiger partial charge in [0.25, 0.3) is 0 Å². The SMILES string of the molecule is CCNCC1CCC(C)CC1c1sccc1Br. The molecule has 1 aliphatic carbocycles. The third kappa shape index (κ3) is 3.33. The van der Waals surface area contributed by atoms with Gasteiger partial charge in [-0.2, -0.15) is 0 Å². The predicted octanol–water partition coefficient (Wildman–Crippen LogP) is 4.64. The van der Waals surface area contributed by atoms with Crippen LogP contribution in [0.4, 0.5) is 0 Å². The van der Waals surface area contributed by atoms with E-state index in [2.05, 4.69) is 46.5 Å². The summed E-state index contributed by atoms with van der Waals surface area (Å²) in [6, 6.07) is 2.20. The molecule has 1 aromatic heterocycles. The van der Waals surface area contributed by atoms with Crippen molar-refractivity contribution in [3.05, 3.63) is 20.8 Å². The Balaban J connectivity index is 2.11. The van der Waals surface area contributed by atoms with E-state index in [1.54, 1.807) is 4.88 Å². The second-order valence-electron chi connectivity index (χ2n) is 5.23. The number of nitrogens with one attached hydrogen (secondary N) is 1. The molecule has 3 heteroatoms. The molecule has 0 bridgehead atoms. The maximum absolute atomic E-state index is 3.71. The molecule has 17 heavy (non-hydrogen) atoms. The first-order valence-corrected chi connectivity index (χ1v) is 8.33. The van der Waals surface area contributed by atoms with Crippen LogP contribution in [0.15, 0.2) is 15.9 Å². The summed E-state index contributed by atoms with van der Waals surface area (Å²) in [6.07, 6.45) is 4.13. The van der Waals surface area contributed by atoms with Gasteiger partial charge in [-0.15, -0.1) is 11.3 Å². The van der Waals surface area contributed by atoms with Gasteiger partial charge in [0.2, 0.25) is 0 Å². The minimum absolute atomic E-state index is 0.757. The van der Waals surface area contributed by atoms with Crippen LogP contribution in [0.2, 0.25) is 0 Å². The van der Waals surface area contributed by atoms with E-state index in [0.717, 1.165) is 24.3 Å². The van der Waals surface area contributed by atoms with Crippen molar-refractivity contribution in [2.24, 2.45) is 11.8 Å². The molecule has 2 rings (SSSR count). The molecule has 1 aliphatic rings. The highest BCUT2D eigenvalue weighted by Gasteiger charge is 2.31. The number of hydrogen-bond acceptors (Lipinski definition) is 2. The Kier molecular flexibility index (Phi) is 5.07. The maximum atomic E-state index is 3.71. The van der Waals surface area contributed by atoms with Gasteiger partial charge in [0.05, 0.1) is 0 Å². The maximum Gasteiger partial charge on any atom is 0.0317 e. The van der Waals surface area contributed by atoms with Gasteiger partial charge in [-0.1, -0.05) is 20.3 Å². The van der Waals surface area contributed by atoms with Gasteiger partial charge >= 0.3 is 0 Å². The molecule has 3 unspecified atom stereocenters. The van der Waals surface area contributed by atoms with E-state index in [1.807, 2.05) is 11.3 Å². The van der Waals surface area contributed by atoms with Crippen LogP contribution >= 0.6 is 27.3 Å². The molecule has 1 nitrogen and oxygen atoms in total. The molecule has 1 fully saturated rings. The molecular weight excluding hydrogens is 294 g/mol. The fraction of sp³-hybridized carbons (Fsp3) is 0.714. The summed E-state index contributed by atoms with van der Waals surface area (Å²) < 4.78 is 1.32. The number of halogens is 1. The van der Waals surface area contributed by atoms with Crippen molar-refractivity contribution >= 4 is 27.3 Å². The minimum Gasteiger partial charge on any atom is -0.317 e. The van der Waals surface area contributed by atoms with Crippen LogP contribution < -0.4 is 5.32 Å². The van der Waals surface area contributed by atoms with Crippen LogP contribution in [0.3, 0.4) is 0 Å². The van der Waals surface area contributed by atoms with Gasteiger partial charge in [-0.25, -0.2) is 0 Å². The monoisotopic (exact) mass is 315 g/mol. The van der Waals surface area contributed by atoms with Crippen LogP contribution in [0.1, 0.15) is 43.9 Å². The minimum atomic E-state index is 0.757. The molecule has 96 valence electrons. The van der Waals surface area contributed by atoms with Crippen LogP contribution in [0.25, 0.3) is 0 Å². The Morgan fingerprint density at radius 1 is 1.47 bits per heavy atom. The van der Waals surface area contributed by atoms with Crippen LogP contribution in [-0.2, 0) is 0 Å². The Labute approximate surface area is 117 Å². The van der Waals surface area contributed by atoms with E-state index in [0.29, 0.717) is 0 Å². The first-order chi connectivity index (χ1) is 8.22. The van der Waals surface area contributed by atoms with Gasteiger partial charge in [-0.05, 0) is 71.1 Å². The lowest BCUT2D eigenvalue weighted by atomic mass is 9.74. The zero-order chi connectivity index (χ0) is 12.3. The van der Waals surface area contributed by atoms with Crippen LogP contribution in [0.5, 0.6) is 0 Å². The summed E-state index contributed by atoms with van der Waals surface area (Å²) in [4.78, 5) is 1.57. The summed E-state index contributed by atoms with van der Waals surface area (Å²) in [7, 11) is 0. The summed E-state index contributed by atoms with van der Waals surface area (Å²) in [5.41, 5.74) is 0. The fourth-order valence-corrected chi connectivity index (χ4v) is 4.79. The van der Waals surface area contributed by atoms with Gasteiger partial charge in [0, 0.05) is 9.35 Å². The Bertz CT molecular complexity index is 348. The highest BCUT2D eigenvalue weighted by molar-refractivity contribution is 9.10. The van der Waals surface area contributed by atoms with Crippen LogP contribution in [0, 0.1) is 11.8 Å². The Hall–Kier alpha value is 0.140. The van der Waals surface area contributed by atoms with Gasteiger partial charge in [0.1, 0.15) is 0 Å². The van der Waals surface area contributed by atoms with Crippen molar-refractivity contribution in [1.29, 1.82) is 0 Å². The second kappa shape index (κ2) is 6.35. The third-order valence-electron chi connectivity index (χ3n) is 3.89. The average molecular weight is 316 g/mol. The van der Waals surface area contributed by atoms with Gasteiger partial charge in [0.15, 0.2) is 0 Å². The summed E-state index contributed by atoms with van der Waals surface area (Å²) in [5, 5.41) is 5.74. The molecule has 0 amide bonds. The van der Waals surface area contributed by atoms with E-state index in [4.69, 9.17) is 0 Å². The van der Waals surface area contributed by atoms with Crippen molar-refractivity contribution in [2.45, 2.75) is 39.0 Å². The Morgan fingerprint density at radius 3 is 2.94 bits per heavy atom.